The van der Waals surface area contributed by atoms with Gasteiger partial charge >= 0.3 is 0 Å². The third-order valence-corrected chi connectivity index (χ3v) is 4.96. The normalized spacial score (nSPS) is 15.8. The van der Waals surface area contributed by atoms with Gasteiger partial charge in [0.1, 0.15) is 6.61 Å². The smallest absolute Gasteiger partial charge is 0.242 e. The summed E-state index contributed by atoms with van der Waals surface area (Å²) in [6.45, 7) is 7.70. The van der Waals surface area contributed by atoms with E-state index in [9.17, 15) is 4.79 Å². The lowest BCUT2D eigenvalue weighted by molar-refractivity contribution is -0.117. The zero-order valence-electron chi connectivity index (χ0n) is 15.4. The van der Waals surface area contributed by atoms with Gasteiger partial charge in [0, 0.05) is 29.9 Å². The van der Waals surface area contributed by atoms with E-state index < -0.39 is 0 Å². The van der Waals surface area contributed by atoms with Crippen LogP contribution < -0.4 is 20.1 Å². The first-order chi connectivity index (χ1) is 11.7. The maximum absolute atomic E-state index is 12.2. The first-order valence-electron chi connectivity index (χ1n) is 8.33. The number of halogens is 2. The molecular formula is C17H29Cl2N3O3S. The first-order valence-corrected chi connectivity index (χ1v) is 9.48. The summed E-state index contributed by atoms with van der Waals surface area (Å²) >= 11 is 1.73. The topological polar surface area (TPSA) is 62.8 Å². The monoisotopic (exact) mass is 425 g/mol. The number of rotatable bonds is 9. The fraction of sp³-hybridized carbons (Fsp3) is 0.588. The summed E-state index contributed by atoms with van der Waals surface area (Å²) < 4.78 is 11.2. The Morgan fingerprint density at radius 1 is 1.31 bits per heavy atom. The molecule has 1 aliphatic heterocycles. The number of anilines is 1. The molecule has 1 heterocycles. The Kier molecular flexibility index (Phi) is 12.9. The minimum Gasteiger partial charge on any atom is -0.493 e. The van der Waals surface area contributed by atoms with E-state index in [1.54, 1.807) is 18.9 Å². The zero-order chi connectivity index (χ0) is 17.4. The summed E-state index contributed by atoms with van der Waals surface area (Å²) in [5.41, 5.74) is 0.720. The first kappa shape index (κ1) is 25.1. The molecule has 1 amide bonds. The van der Waals surface area contributed by atoms with E-state index in [1.165, 1.54) is 0 Å². The van der Waals surface area contributed by atoms with Crippen LogP contribution in [0.3, 0.4) is 0 Å². The number of nitrogens with zero attached hydrogens (tertiary/aromatic N) is 1. The van der Waals surface area contributed by atoms with Crippen LogP contribution in [0.25, 0.3) is 0 Å². The number of carbonyl (C=O) groups is 1. The van der Waals surface area contributed by atoms with E-state index in [-0.39, 0.29) is 36.8 Å². The maximum atomic E-state index is 12.2. The Balaban J connectivity index is 0.00000312. The second-order valence-corrected chi connectivity index (χ2v) is 6.53. The number of hydrogen-bond donors (Lipinski definition) is 2. The fourth-order valence-corrected chi connectivity index (χ4v) is 3.43. The van der Waals surface area contributed by atoms with Gasteiger partial charge in [-0.05, 0) is 25.2 Å². The molecule has 150 valence electrons. The molecule has 1 fully saturated rings. The van der Waals surface area contributed by atoms with Crippen LogP contribution in [0.5, 0.6) is 11.5 Å². The molecule has 6 nitrogen and oxygen atoms in total. The summed E-state index contributed by atoms with van der Waals surface area (Å²) in [7, 11) is 1.62. The lowest BCUT2D eigenvalue weighted by atomic mass is 10.2. The molecule has 1 aromatic rings. The van der Waals surface area contributed by atoms with E-state index in [0.717, 1.165) is 37.0 Å². The summed E-state index contributed by atoms with van der Waals surface area (Å²) in [5, 5.41) is 6.10. The summed E-state index contributed by atoms with van der Waals surface area (Å²) in [6.07, 6.45) is 0. The molecular weight excluding hydrogens is 397 g/mol. The molecule has 0 radical (unpaired) electrons. The number of ether oxygens (including phenoxy) is 2. The SMILES string of the molecule is CCN(CC)CCOc1cc(NC(=O)C2CSCN2)ccc1OC.Cl.Cl. The molecule has 2 rings (SSSR count). The summed E-state index contributed by atoms with van der Waals surface area (Å²) in [4.78, 5) is 14.5. The van der Waals surface area contributed by atoms with Crippen LogP contribution in [0.4, 0.5) is 5.69 Å². The number of likely N-dealkylation sites (N-methyl/N-ethyl adjacent to an activating group) is 1. The molecule has 0 aromatic heterocycles. The van der Waals surface area contributed by atoms with Crippen molar-refractivity contribution in [3.05, 3.63) is 18.2 Å². The van der Waals surface area contributed by atoms with Gasteiger partial charge in [-0.25, -0.2) is 0 Å². The number of hydrogen-bond acceptors (Lipinski definition) is 6. The molecule has 0 aliphatic carbocycles. The van der Waals surface area contributed by atoms with Crippen LogP contribution in [0.2, 0.25) is 0 Å². The van der Waals surface area contributed by atoms with Crippen molar-refractivity contribution >= 4 is 48.2 Å². The average molecular weight is 426 g/mol. The number of methoxy groups -OCH3 is 1. The van der Waals surface area contributed by atoms with E-state index in [0.29, 0.717) is 18.1 Å². The molecule has 1 aromatic carbocycles. The second kappa shape index (κ2) is 13.3. The Morgan fingerprint density at radius 3 is 2.62 bits per heavy atom. The van der Waals surface area contributed by atoms with Crippen molar-refractivity contribution in [2.45, 2.75) is 19.9 Å². The highest BCUT2D eigenvalue weighted by Crippen LogP contribution is 2.30. The third kappa shape index (κ3) is 7.40. The van der Waals surface area contributed by atoms with Crippen molar-refractivity contribution in [2.24, 2.45) is 0 Å². The lowest BCUT2D eigenvalue weighted by Crippen LogP contribution is -2.37. The lowest BCUT2D eigenvalue weighted by Gasteiger charge is -2.19. The molecule has 1 unspecified atom stereocenters. The van der Waals surface area contributed by atoms with Gasteiger partial charge in [0.25, 0.3) is 0 Å². The summed E-state index contributed by atoms with van der Waals surface area (Å²) in [6, 6.07) is 5.33. The van der Waals surface area contributed by atoms with Gasteiger partial charge in [-0.1, -0.05) is 13.8 Å². The molecule has 9 heteroatoms. The van der Waals surface area contributed by atoms with E-state index in [2.05, 4.69) is 29.4 Å². The van der Waals surface area contributed by atoms with E-state index >= 15 is 0 Å². The predicted molar refractivity (Wildman–Crippen MR) is 114 cm³/mol. The molecule has 2 N–H and O–H groups in total. The maximum Gasteiger partial charge on any atom is 0.242 e. The highest BCUT2D eigenvalue weighted by atomic mass is 35.5. The van der Waals surface area contributed by atoms with Crippen LogP contribution >= 0.6 is 36.6 Å². The minimum absolute atomic E-state index is 0. The average Bonchev–Trinajstić information content (AvgIpc) is 3.14. The van der Waals surface area contributed by atoms with Gasteiger partial charge in [0.05, 0.1) is 13.2 Å². The van der Waals surface area contributed by atoms with Crippen molar-refractivity contribution in [1.29, 1.82) is 0 Å². The number of benzene rings is 1. The third-order valence-electron chi connectivity index (χ3n) is 4.02. The van der Waals surface area contributed by atoms with Crippen molar-refractivity contribution in [3.8, 4) is 11.5 Å². The fourth-order valence-electron chi connectivity index (χ4n) is 2.48. The van der Waals surface area contributed by atoms with Gasteiger partial charge in [-0.2, -0.15) is 0 Å². The standard InChI is InChI=1S/C17H27N3O3S.2ClH/c1-4-20(5-2)8-9-23-16-10-13(6-7-15(16)22-3)19-17(21)14-11-24-12-18-14;;/h6-7,10,14,18H,4-5,8-9,11-12H2,1-3H3,(H,19,21);2*1H. The molecule has 0 bridgehead atoms. The van der Waals surface area contributed by atoms with Crippen LogP contribution in [0.15, 0.2) is 18.2 Å². The number of amides is 1. The highest BCUT2D eigenvalue weighted by molar-refractivity contribution is 7.99. The highest BCUT2D eigenvalue weighted by Gasteiger charge is 2.22. The Hall–Kier alpha value is -0.860. The number of thioether (sulfide) groups is 1. The van der Waals surface area contributed by atoms with E-state index in [4.69, 9.17) is 9.47 Å². The van der Waals surface area contributed by atoms with Gasteiger partial charge in [-0.15, -0.1) is 36.6 Å². The Bertz CT molecular complexity index is 542. The Labute approximate surface area is 172 Å². The van der Waals surface area contributed by atoms with Gasteiger partial charge in [-0.3, -0.25) is 10.1 Å². The quantitative estimate of drug-likeness (QED) is 0.633. The van der Waals surface area contributed by atoms with Gasteiger partial charge in [0.2, 0.25) is 5.91 Å². The van der Waals surface area contributed by atoms with Crippen molar-refractivity contribution in [2.75, 3.05) is 50.3 Å². The van der Waals surface area contributed by atoms with Crippen molar-refractivity contribution in [3.63, 3.8) is 0 Å². The van der Waals surface area contributed by atoms with Crippen LogP contribution in [-0.4, -0.2) is 61.8 Å². The van der Waals surface area contributed by atoms with Crippen molar-refractivity contribution < 1.29 is 14.3 Å². The van der Waals surface area contributed by atoms with Gasteiger partial charge < -0.3 is 19.7 Å². The van der Waals surface area contributed by atoms with Crippen LogP contribution in [0.1, 0.15) is 13.8 Å². The van der Waals surface area contributed by atoms with Crippen LogP contribution in [0, 0.1) is 0 Å². The molecule has 1 atom stereocenters. The predicted octanol–water partition coefficient (Wildman–Crippen LogP) is 2.86. The van der Waals surface area contributed by atoms with Gasteiger partial charge in [0.15, 0.2) is 11.5 Å². The zero-order valence-corrected chi connectivity index (χ0v) is 17.9. The molecule has 1 saturated heterocycles. The number of nitrogens with one attached hydrogen (secondary N) is 2. The molecule has 26 heavy (non-hydrogen) atoms. The molecule has 0 saturated carbocycles. The van der Waals surface area contributed by atoms with Crippen molar-refractivity contribution in [1.82, 2.24) is 10.2 Å². The largest absolute Gasteiger partial charge is 0.493 e. The minimum atomic E-state index is -0.135. The second-order valence-electron chi connectivity index (χ2n) is 5.50. The van der Waals surface area contributed by atoms with E-state index in [1.807, 2.05) is 18.2 Å². The summed E-state index contributed by atoms with van der Waals surface area (Å²) in [5.74, 6) is 2.92. The molecule has 0 spiro atoms. The Morgan fingerprint density at radius 2 is 2.04 bits per heavy atom. The molecule has 1 aliphatic rings. The van der Waals surface area contributed by atoms with Crippen LogP contribution in [-0.2, 0) is 4.79 Å². The number of carbonyl (C=O) groups excluding carboxylic acids is 1.